The van der Waals surface area contributed by atoms with Gasteiger partial charge in [-0.05, 0) is 55.8 Å². The first kappa shape index (κ1) is 22.2. The third-order valence-electron chi connectivity index (χ3n) is 4.92. The van der Waals surface area contributed by atoms with Gasteiger partial charge >= 0.3 is 6.18 Å². The van der Waals surface area contributed by atoms with Crippen molar-refractivity contribution in [1.82, 2.24) is 10.2 Å². The molecule has 1 saturated heterocycles. The maximum absolute atomic E-state index is 13.5. The van der Waals surface area contributed by atoms with E-state index in [0.717, 1.165) is 37.7 Å². The van der Waals surface area contributed by atoms with Gasteiger partial charge in [0.25, 0.3) is 0 Å². The highest BCUT2D eigenvalue weighted by Crippen LogP contribution is 2.41. The molecular weight excluding hydrogens is 424 g/mol. The van der Waals surface area contributed by atoms with E-state index in [2.05, 4.69) is 10.2 Å². The van der Waals surface area contributed by atoms with Gasteiger partial charge in [-0.2, -0.15) is 13.2 Å². The zero-order valence-corrected chi connectivity index (χ0v) is 17.5. The van der Waals surface area contributed by atoms with Gasteiger partial charge in [0.2, 0.25) is 0 Å². The van der Waals surface area contributed by atoms with E-state index in [0.29, 0.717) is 29.5 Å². The number of nitrogens with one attached hydrogen (secondary N) is 1. The molecule has 3 rings (SSSR count). The topological polar surface area (TPSA) is 24.5 Å². The number of ether oxygens (including phenoxy) is 1. The molecule has 8 heteroatoms. The van der Waals surface area contributed by atoms with Gasteiger partial charge in [0.1, 0.15) is 5.75 Å². The van der Waals surface area contributed by atoms with E-state index in [1.165, 1.54) is 6.07 Å². The number of rotatable bonds is 5. The highest BCUT2D eigenvalue weighted by Gasteiger charge is 2.35. The highest BCUT2D eigenvalue weighted by molar-refractivity contribution is 6.31. The Kier molecular flexibility index (Phi) is 7.32. The first-order valence-electron chi connectivity index (χ1n) is 9.55. The molecular formula is C21H23Cl2F3N2O. The summed E-state index contributed by atoms with van der Waals surface area (Å²) < 4.78 is 46.3. The summed E-state index contributed by atoms with van der Waals surface area (Å²) in [7, 11) is 0. The molecule has 1 heterocycles. The maximum Gasteiger partial charge on any atom is 0.417 e. The quantitative estimate of drug-likeness (QED) is 0.628. The second-order valence-corrected chi connectivity index (χ2v) is 7.74. The summed E-state index contributed by atoms with van der Waals surface area (Å²) in [5.41, 5.74) is 0.415. The minimum atomic E-state index is -4.53. The van der Waals surface area contributed by atoms with Crippen LogP contribution in [0.25, 0.3) is 0 Å². The van der Waals surface area contributed by atoms with Crippen molar-refractivity contribution in [1.29, 1.82) is 0 Å². The zero-order valence-electron chi connectivity index (χ0n) is 16.0. The first-order chi connectivity index (χ1) is 13.8. The molecule has 1 aliphatic rings. The smallest absolute Gasteiger partial charge is 0.417 e. The average molecular weight is 447 g/mol. The van der Waals surface area contributed by atoms with Gasteiger partial charge in [-0.25, -0.2) is 0 Å². The SMILES string of the molecule is CCOc1ccc(Cl)cc1C(c1ccc(Cl)c(C(F)(F)F)c1)N1CCCNCC1. The molecule has 0 radical (unpaired) electrons. The van der Waals surface area contributed by atoms with E-state index in [1.54, 1.807) is 24.3 Å². The summed E-state index contributed by atoms with van der Waals surface area (Å²) in [6, 6.07) is 8.93. The van der Waals surface area contributed by atoms with Crippen LogP contribution in [0.5, 0.6) is 5.75 Å². The van der Waals surface area contributed by atoms with Crippen LogP contribution in [0, 0.1) is 0 Å². The Hall–Kier alpha value is -1.47. The van der Waals surface area contributed by atoms with E-state index >= 15 is 0 Å². The largest absolute Gasteiger partial charge is 0.494 e. The molecule has 29 heavy (non-hydrogen) atoms. The molecule has 3 nitrogen and oxygen atoms in total. The van der Waals surface area contributed by atoms with Gasteiger partial charge < -0.3 is 10.1 Å². The molecule has 1 unspecified atom stereocenters. The number of hydrogen-bond donors (Lipinski definition) is 1. The number of benzene rings is 2. The van der Waals surface area contributed by atoms with Crippen LogP contribution in [0.3, 0.4) is 0 Å². The summed E-state index contributed by atoms with van der Waals surface area (Å²) in [4.78, 5) is 2.16. The minimum Gasteiger partial charge on any atom is -0.494 e. The number of nitrogens with zero attached hydrogens (tertiary/aromatic N) is 1. The first-order valence-corrected chi connectivity index (χ1v) is 10.3. The fraction of sp³-hybridized carbons (Fsp3) is 0.429. The zero-order chi connectivity index (χ0) is 21.0. The highest BCUT2D eigenvalue weighted by atomic mass is 35.5. The Morgan fingerprint density at radius 3 is 2.62 bits per heavy atom. The van der Waals surface area contributed by atoms with Crippen LogP contribution in [0.2, 0.25) is 10.0 Å². The predicted molar refractivity (Wildman–Crippen MR) is 110 cm³/mol. The molecule has 1 N–H and O–H groups in total. The summed E-state index contributed by atoms with van der Waals surface area (Å²) in [6.07, 6.45) is -3.64. The van der Waals surface area contributed by atoms with Crippen LogP contribution in [0.4, 0.5) is 13.2 Å². The van der Waals surface area contributed by atoms with Crippen molar-refractivity contribution in [2.45, 2.75) is 25.6 Å². The monoisotopic (exact) mass is 446 g/mol. The van der Waals surface area contributed by atoms with E-state index in [1.807, 2.05) is 6.92 Å². The summed E-state index contributed by atoms with van der Waals surface area (Å²) in [6.45, 7) is 5.35. The lowest BCUT2D eigenvalue weighted by atomic mass is 9.94. The van der Waals surface area contributed by atoms with Crippen LogP contribution < -0.4 is 10.1 Å². The van der Waals surface area contributed by atoms with E-state index < -0.39 is 17.8 Å². The summed E-state index contributed by atoms with van der Waals surface area (Å²) in [5, 5.41) is 3.53. The van der Waals surface area contributed by atoms with Crippen molar-refractivity contribution in [3.8, 4) is 5.75 Å². The molecule has 1 atom stereocenters. The second-order valence-electron chi connectivity index (χ2n) is 6.89. The molecule has 158 valence electrons. The van der Waals surface area contributed by atoms with Crippen molar-refractivity contribution < 1.29 is 17.9 Å². The van der Waals surface area contributed by atoms with Crippen molar-refractivity contribution >= 4 is 23.2 Å². The van der Waals surface area contributed by atoms with Crippen LogP contribution in [-0.4, -0.2) is 37.7 Å². The molecule has 0 spiro atoms. The predicted octanol–water partition coefficient (Wildman–Crippen LogP) is 5.80. The van der Waals surface area contributed by atoms with Crippen molar-refractivity contribution in [2.24, 2.45) is 0 Å². The number of alkyl halides is 3. The Morgan fingerprint density at radius 2 is 1.90 bits per heavy atom. The van der Waals surface area contributed by atoms with Gasteiger partial charge in [0.15, 0.2) is 0 Å². The fourth-order valence-electron chi connectivity index (χ4n) is 3.66. The Morgan fingerprint density at radius 1 is 1.10 bits per heavy atom. The van der Waals surface area contributed by atoms with Crippen LogP contribution in [-0.2, 0) is 6.18 Å². The molecule has 1 fully saturated rings. The van der Waals surface area contributed by atoms with Crippen molar-refractivity contribution in [3.63, 3.8) is 0 Å². The van der Waals surface area contributed by atoms with E-state index in [4.69, 9.17) is 27.9 Å². The van der Waals surface area contributed by atoms with Crippen LogP contribution >= 0.6 is 23.2 Å². The molecule has 1 aliphatic heterocycles. The lowest BCUT2D eigenvalue weighted by molar-refractivity contribution is -0.137. The lowest BCUT2D eigenvalue weighted by Crippen LogP contribution is -2.33. The van der Waals surface area contributed by atoms with Crippen LogP contribution in [0.15, 0.2) is 36.4 Å². The van der Waals surface area contributed by atoms with Gasteiger partial charge in [-0.3, -0.25) is 4.90 Å². The van der Waals surface area contributed by atoms with Gasteiger partial charge in [0.05, 0.1) is 23.2 Å². The standard InChI is InChI=1S/C21H23Cl2F3N2O/c1-2-29-19-7-5-15(22)13-16(19)20(28-10-3-8-27-9-11-28)14-4-6-18(23)17(12-14)21(24,25)26/h4-7,12-13,20,27H,2-3,8-11H2,1H3. The van der Waals surface area contributed by atoms with Crippen molar-refractivity contribution in [2.75, 3.05) is 32.8 Å². The summed E-state index contributed by atoms with van der Waals surface area (Å²) >= 11 is 12.1. The third kappa shape index (κ3) is 5.37. The Bertz CT molecular complexity index is 837. The normalized spacial score (nSPS) is 17.0. The lowest BCUT2D eigenvalue weighted by Gasteiger charge is -2.33. The molecule has 0 amide bonds. The maximum atomic E-state index is 13.5. The molecule has 2 aromatic carbocycles. The average Bonchev–Trinajstić information content (AvgIpc) is 2.94. The Balaban J connectivity index is 2.16. The Labute approximate surface area is 178 Å². The molecule has 2 aromatic rings. The number of hydrogen-bond acceptors (Lipinski definition) is 3. The van der Waals surface area contributed by atoms with E-state index in [-0.39, 0.29) is 5.02 Å². The molecule has 0 aliphatic carbocycles. The van der Waals surface area contributed by atoms with Gasteiger partial charge in [-0.1, -0.05) is 29.3 Å². The molecule has 0 bridgehead atoms. The second kappa shape index (κ2) is 9.56. The van der Waals surface area contributed by atoms with Crippen molar-refractivity contribution in [3.05, 3.63) is 63.1 Å². The third-order valence-corrected chi connectivity index (χ3v) is 5.48. The molecule has 0 aromatic heterocycles. The van der Waals surface area contributed by atoms with Gasteiger partial charge in [0, 0.05) is 30.2 Å². The number of halogens is 5. The summed E-state index contributed by atoms with van der Waals surface area (Å²) in [5.74, 6) is 0.614. The minimum absolute atomic E-state index is 0.311. The van der Waals surface area contributed by atoms with Gasteiger partial charge in [-0.15, -0.1) is 0 Å². The van der Waals surface area contributed by atoms with Crippen LogP contribution in [0.1, 0.15) is 36.1 Å². The molecule has 0 saturated carbocycles. The van der Waals surface area contributed by atoms with E-state index in [9.17, 15) is 13.2 Å². The fourth-order valence-corrected chi connectivity index (χ4v) is 4.07.